The van der Waals surface area contributed by atoms with Crippen molar-refractivity contribution in [2.45, 2.75) is 16.0 Å². The van der Waals surface area contributed by atoms with Gasteiger partial charge in [-0.2, -0.15) is 13.2 Å². The first-order chi connectivity index (χ1) is 4.96. The number of allylic oxidation sites excluding steroid dienone is 4. The Labute approximate surface area is 76.3 Å². The molecule has 0 amide bonds. The first-order valence-electron chi connectivity index (χ1n) is 3.06. The van der Waals surface area contributed by atoms with E-state index in [0.29, 0.717) is 0 Å². The van der Waals surface area contributed by atoms with Gasteiger partial charge in [0.1, 0.15) is 3.42 Å². The highest BCUT2D eigenvalue weighted by molar-refractivity contribution is 14.1. The van der Waals surface area contributed by atoms with Crippen LogP contribution in [0.1, 0.15) is 6.42 Å². The third-order valence-electron chi connectivity index (χ3n) is 1.49. The third-order valence-corrected chi connectivity index (χ3v) is 2.91. The lowest BCUT2D eigenvalue weighted by molar-refractivity contribution is -0.142. The molecule has 62 valence electrons. The Morgan fingerprint density at radius 1 is 1.27 bits per heavy atom. The second-order valence-corrected chi connectivity index (χ2v) is 4.28. The van der Waals surface area contributed by atoms with Crippen molar-refractivity contribution in [1.29, 1.82) is 0 Å². The van der Waals surface area contributed by atoms with E-state index >= 15 is 0 Å². The summed E-state index contributed by atoms with van der Waals surface area (Å²) < 4.78 is 35.0. The topological polar surface area (TPSA) is 0 Å². The SMILES string of the molecule is FC(F)(F)C1(I)C=CC=CC1. The van der Waals surface area contributed by atoms with Crippen LogP contribution in [-0.2, 0) is 0 Å². The van der Waals surface area contributed by atoms with Gasteiger partial charge in [0.15, 0.2) is 0 Å². The maximum atomic E-state index is 12.2. The zero-order chi connectivity index (χ0) is 8.54. The Bertz CT molecular complexity index is 204. The summed E-state index contributed by atoms with van der Waals surface area (Å²) in [5.41, 5.74) is 0. The Hall–Kier alpha value is 0. The summed E-state index contributed by atoms with van der Waals surface area (Å²) in [6.45, 7) is 0. The fraction of sp³-hybridized carbons (Fsp3) is 0.429. The molecule has 1 unspecified atom stereocenters. The second kappa shape index (κ2) is 2.80. The van der Waals surface area contributed by atoms with Gasteiger partial charge in [0.2, 0.25) is 0 Å². The highest BCUT2D eigenvalue weighted by Gasteiger charge is 2.50. The van der Waals surface area contributed by atoms with E-state index in [4.69, 9.17) is 0 Å². The van der Waals surface area contributed by atoms with Crippen LogP contribution in [-0.4, -0.2) is 9.60 Å². The van der Waals surface area contributed by atoms with Gasteiger partial charge in [-0.3, -0.25) is 0 Å². The predicted octanol–water partition coefficient (Wildman–Crippen LogP) is 3.24. The molecule has 0 aromatic carbocycles. The van der Waals surface area contributed by atoms with Crippen LogP contribution in [0.5, 0.6) is 0 Å². The zero-order valence-electron chi connectivity index (χ0n) is 5.53. The first-order valence-corrected chi connectivity index (χ1v) is 4.14. The first kappa shape index (κ1) is 9.09. The van der Waals surface area contributed by atoms with Crippen LogP contribution in [0.4, 0.5) is 13.2 Å². The second-order valence-electron chi connectivity index (χ2n) is 2.35. The van der Waals surface area contributed by atoms with Crippen molar-refractivity contribution in [2.24, 2.45) is 0 Å². The molecule has 0 saturated heterocycles. The third kappa shape index (κ3) is 1.77. The molecular weight excluding hydrogens is 268 g/mol. The van der Waals surface area contributed by atoms with Crippen LogP contribution in [0, 0.1) is 0 Å². The van der Waals surface area contributed by atoms with Crippen molar-refractivity contribution in [2.75, 3.05) is 0 Å². The van der Waals surface area contributed by atoms with Crippen molar-refractivity contribution >= 4 is 22.6 Å². The Morgan fingerprint density at radius 2 is 1.91 bits per heavy atom. The largest absolute Gasteiger partial charge is 0.406 e. The molecule has 0 spiro atoms. The number of hydrogen-bond acceptors (Lipinski definition) is 0. The fourth-order valence-electron chi connectivity index (χ4n) is 0.804. The summed E-state index contributed by atoms with van der Waals surface area (Å²) in [7, 11) is 0. The van der Waals surface area contributed by atoms with E-state index in [9.17, 15) is 13.2 Å². The lowest BCUT2D eigenvalue weighted by Gasteiger charge is -2.26. The highest BCUT2D eigenvalue weighted by Crippen LogP contribution is 2.43. The molecule has 4 heteroatoms. The average Bonchev–Trinajstić information content (AvgIpc) is 1.87. The molecule has 0 aromatic heterocycles. The van der Waals surface area contributed by atoms with Gasteiger partial charge in [-0.05, 0) is 6.42 Å². The minimum Gasteiger partial charge on any atom is -0.169 e. The van der Waals surface area contributed by atoms with Crippen molar-refractivity contribution in [3.63, 3.8) is 0 Å². The molecule has 1 atom stereocenters. The molecule has 0 heterocycles. The summed E-state index contributed by atoms with van der Waals surface area (Å²) in [5, 5.41) is 0. The molecule has 1 aliphatic carbocycles. The molecule has 0 aliphatic heterocycles. The number of alkyl halides is 4. The lowest BCUT2D eigenvalue weighted by Crippen LogP contribution is -2.37. The fourth-order valence-corrected chi connectivity index (χ4v) is 1.27. The van der Waals surface area contributed by atoms with E-state index in [1.165, 1.54) is 40.8 Å². The Kier molecular flexibility index (Phi) is 2.32. The van der Waals surface area contributed by atoms with Crippen molar-refractivity contribution in [1.82, 2.24) is 0 Å². The maximum absolute atomic E-state index is 12.2. The van der Waals surface area contributed by atoms with Gasteiger partial charge in [0.25, 0.3) is 0 Å². The summed E-state index contributed by atoms with van der Waals surface area (Å²) in [5.74, 6) is 0. The molecule has 0 nitrogen and oxygen atoms in total. The van der Waals surface area contributed by atoms with Crippen LogP contribution in [0.2, 0.25) is 0 Å². The molecule has 1 aliphatic rings. The molecular formula is C7H6F3I. The monoisotopic (exact) mass is 274 g/mol. The minimum absolute atomic E-state index is 0.0353. The van der Waals surface area contributed by atoms with E-state index in [-0.39, 0.29) is 6.42 Å². The summed E-state index contributed by atoms with van der Waals surface area (Å²) in [4.78, 5) is 0. The standard InChI is InChI=1S/C7H6F3I/c8-7(9,10)6(11)4-2-1-3-5-6/h1-4H,5H2. The van der Waals surface area contributed by atoms with Crippen molar-refractivity contribution in [3.8, 4) is 0 Å². The normalized spacial score (nSPS) is 30.9. The molecule has 0 radical (unpaired) electrons. The van der Waals surface area contributed by atoms with Crippen LogP contribution in [0.25, 0.3) is 0 Å². The molecule has 0 aromatic rings. The molecule has 0 saturated carbocycles. The summed E-state index contributed by atoms with van der Waals surface area (Å²) >= 11 is 1.43. The van der Waals surface area contributed by atoms with Gasteiger partial charge >= 0.3 is 6.18 Å². The van der Waals surface area contributed by atoms with Gasteiger partial charge in [0, 0.05) is 0 Å². The summed E-state index contributed by atoms with van der Waals surface area (Å²) in [6, 6.07) is 0. The number of rotatable bonds is 0. The number of hydrogen-bond donors (Lipinski definition) is 0. The molecule has 0 N–H and O–H groups in total. The Balaban J connectivity index is 2.84. The summed E-state index contributed by atoms with van der Waals surface area (Å²) in [6.07, 6.45) is 1.67. The van der Waals surface area contributed by atoms with Crippen LogP contribution in [0.15, 0.2) is 24.3 Å². The van der Waals surface area contributed by atoms with Crippen LogP contribution in [0.3, 0.4) is 0 Å². The molecule has 1 rings (SSSR count). The van der Waals surface area contributed by atoms with E-state index < -0.39 is 9.60 Å². The molecule has 11 heavy (non-hydrogen) atoms. The number of halogens is 4. The van der Waals surface area contributed by atoms with E-state index in [1.807, 2.05) is 0 Å². The highest BCUT2D eigenvalue weighted by atomic mass is 127. The van der Waals surface area contributed by atoms with Gasteiger partial charge in [0.05, 0.1) is 0 Å². The van der Waals surface area contributed by atoms with E-state index in [0.717, 1.165) is 0 Å². The van der Waals surface area contributed by atoms with E-state index in [1.54, 1.807) is 6.08 Å². The average molecular weight is 274 g/mol. The minimum atomic E-state index is -4.14. The zero-order valence-corrected chi connectivity index (χ0v) is 7.69. The van der Waals surface area contributed by atoms with Gasteiger partial charge in [-0.15, -0.1) is 0 Å². The van der Waals surface area contributed by atoms with Crippen molar-refractivity contribution in [3.05, 3.63) is 24.3 Å². The van der Waals surface area contributed by atoms with Gasteiger partial charge < -0.3 is 0 Å². The maximum Gasteiger partial charge on any atom is 0.406 e. The van der Waals surface area contributed by atoms with Crippen LogP contribution >= 0.6 is 22.6 Å². The smallest absolute Gasteiger partial charge is 0.169 e. The predicted molar refractivity (Wildman–Crippen MR) is 45.7 cm³/mol. The molecule has 0 fully saturated rings. The van der Waals surface area contributed by atoms with Gasteiger partial charge in [-0.25, -0.2) is 0 Å². The quantitative estimate of drug-likeness (QED) is 0.470. The van der Waals surface area contributed by atoms with Crippen molar-refractivity contribution < 1.29 is 13.2 Å². The Morgan fingerprint density at radius 3 is 2.18 bits per heavy atom. The van der Waals surface area contributed by atoms with Crippen LogP contribution < -0.4 is 0 Å². The lowest BCUT2D eigenvalue weighted by atomic mass is 10.0. The van der Waals surface area contributed by atoms with E-state index in [2.05, 4.69) is 0 Å². The van der Waals surface area contributed by atoms with Gasteiger partial charge in [-0.1, -0.05) is 46.9 Å². The molecule has 0 bridgehead atoms.